The quantitative estimate of drug-likeness (QED) is 0.850. The molecule has 0 spiro atoms. The predicted molar refractivity (Wildman–Crippen MR) is 78.5 cm³/mol. The zero-order valence-corrected chi connectivity index (χ0v) is 12.7. The summed E-state index contributed by atoms with van der Waals surface area (Å²) in [7, 11) is 0. The summed E-state index contributed by atoms with van der Waals surface area (Å²) in [4.78, 5) is 26.2. The van der Waals surface area contributed by atoms with Crippen molar-refractivity contribution in [2.45, 2.75) is 19.4 Å². The van der Waals surface area contributed by atoms with E-state index in [2.05, 4.69) is 15.0 Å². The summed E-state index contributed by atoms with van der Waals surface area (Å²) < 4.78 is 5.71. The number of carbonyl (C=O) groups is 1. The molecule has 3 rings (SSSR count). The molecule has 1 aliphatic rings. The van der Waals surface area contributed by atoms with Crippen molar-refractivity contribution in [3.63, 3.8) is 0 Å². The summed E-state index contributed by atoms with van der Waals surface area (Å²) in [5.74, 6) is 0.129. The zero-order valence-electron chi connectivity index (χ0n) is 11.9. The number of thiazole rings is 1. The average Bonchev–Trinajstić information content (AvgIpc) is 3.16. The molecule has 0 radical (unpaired) electrons. The summed E-state index contributed by atoms with van der Waals surface area (Å²) in [5, 5.41) is 11.6. The minimum absolute atomic E-state index is 0.0879. The van der Waals surface area contributed by atoms with Crippen molar-refractivity contribution in [1.29, 1.82) is 5.26 Å². The average molecular weight is 315 g/mol. The monoisotopic (exact) mass is 315 g/mol. The van der Waals surface area contributed by atoms with Crippen LogP contribution in [0.3, 0.4) is 0 Å². The lowest BCUT2D eigenvalue weighted by atomic mass is 10.3. The molecule has 2 aromatic rings. The molecule has 0 bridgehead atoms. The van der Waals surface area contributed by atoms with Gasteiger partial charge in [-0.2, -0.15) is 5.26 Å². The maximum Gasteiger partial charge on any atom is 0.273 e. The number of rotatable bonds is 3. The summed E-state index contributed by atoms with van der Waals surface area (Å²) in [5.41, 5.74) is 0.628. The molecule has 0 N–H and O–H groups in total. The van der Waals surface area contributed by atoms with Gasteiger partial charge in [-0.1, -0.05) is 0 Å². The standard InChI is InChI=1S/C14H13N5O2S/c1-9-18-12(8-22-9)14(20)19-5-2-10(7-19)21-13-11(6-15)16-3-4-17-13/h3-4,8,10H,2,5,7H2,1H3/t10-/m0/s1. The lowest BCUT2D eigenvalue weighted by molar-refractivity contribution is 0.0766. The van der Waals surface area contributed by atoms with Crippen LogP contribution in [0.2, 0.25) is 0 Å². The maximum absolute atomic E-state index is 12.3. The summed E-state index contributed by atoms with van der Waals surface area (Å²) >= 11 is 1.46. The number of carbonyl (C=O) groups excluding carboxylic acids is 1. The van der Waals surface area contributed by atoms with Crippen molar-refractivity contribution in [2.75, 3.05) is 13.1 Å². The van der Waals surface area contributed by atoms with Gasteiger partial charge in [-0.25, -0.2) is 15.0 Å². The first-order chi connectivity index (χ1) is 10.7. The Balaban J connectivity index is 1.65. The number of ether oxygens (including phenoxy) is 1. The van der Waals surface area contributed by atoms with E-state index in [1.165, 1.54) is 23.7 Å². The van der Waals surface area contributed by atoms with Crippen LogP contribution in [0.1, 0.15) is 27.6 Å². The van der Waals surface area contributed by atoms with E-state index in [9.17, 15) is 4.79 Å². The molecule has 1 aliphatic heterocycles. The molecule has 1 atom stereocenters. The zero-order chi connectivity index (χ0) is 15.5. The van der Waals surface area contributed by atoms with Gasteiger partial charge in [0.05, 0.1) is 11.6 Å². The molecule has 0 saturated carbocycles. The van der Waals surface area contributed by atoms with Crippen molar-refractivity contribution in [3.05, 3.63) is 34.2 Å². The minimum atomic E-state index is -0.188. The van der Waals surface area contributed by atoms with Gasteiger partial charge in [-0.05, 0) is 6.92 Å². The lowest BCUT2D eigenvalue weighted by Gasteiger charge is -2.16. The first-order valence-corrected chi connectivity index (χ1v) is 7.64. The lowest BCUT2D eigenvalue weighted by Crippen LogP contribution is -2.31. The Morgan fingerprint density at radius 1 is 1.50 bits per heavy atom. The van der Waals surface area contributed by atoms with E-state index in [0.717, 1.165) is 5.01 Å². The first kappa shape index (κ1) is 14.4. The summed E-state index contributed by atoms with van der Waals surface area (Å²) in [6.45, 7) is 2.92. The van der Waals surface area contributed by atoms with Crippen LogP contribution < -0.4 is 4.74 Å². The van der Waals surface area contributed by atoms with Gasteiger partial charge in [0.2, 0.25) is 5.69 Å². The molecule has 0 unspecified atom stereocenters. The van der Waals surface area contributed by atoms with Gasteiger partial charge in [0.15, 0.2) is 0 Å². The highest BCUT2D eigenvalue weighted by Gasteiger charge is 2.30. The minimum Gasteiger partial charge on any atom is -0.470 e. The highest BCUT2D eigenvalue weighted by molar-refractivity contribution is 7.09. The van der Waals surface area contributed by atoms with E-state index in [-0.39, 0.29) is 23.6 Å². The van der Waals surface area contributed by atoms with Gasteiger partial charge in [-0.15, -0.1) is 11.3 Å². The Hall–Kier alpha value is -2.53. The second-order valence-corrected chi connectivity index (χ2v) is 5.92. The molecule has 7 nitrogen and oxygen atoms in total. The molecule has 3 heterocycles. The predicted octanol–water partition coefficient (Wildman–Crippen LogP) is 1.41. The summed E-state index contributed by atoms with van der Waals surface area (Å²) in [6.07, 6.45) is 3.43. The van der Waals surface area contributed by atoms with Gasteiger partial charge in [-0.3, -0.25) is 4.79 Å². The molecule has 1 fully saturated rings. The second-order valence-electron chi connectivity index (χ2n) is 4.85. The van der Waals surface area contributed by atoms with E-state index in [4.69, 9.17) is 10.00 Å². The molecular formula is C14H13N5O2S. The molecule has 1 amide bonds. The van der Waals surface area contributed by atoms with Crippen LogP contribution in [0.15, 0.2) is 17.8 Å². The number of aromatic nitrogens is 3. The van der Waals surface area contributed by atoms with Gasteiger partial charge >= 0.3 is 0 Å². The van der Waals surface area contributed by atoms with Gasteiger partial charge in [0, 0.05) is 30.7 Å². The smallest absolute Gasteiger partial charge is 0.273 e. The molecular weight excluding hydrogens is 302 g/mol. The van der Waals surface area contributed by atoms with Crippen molar-refractivity contribution in [2.24, 2.45) is 0 Å². The molecule has 2 aromatic heterocycles. The number of likely N-dealkylation sites (tertiary alicyclic amines) is 1. The Morgan fingerprint density at radius 3 is 3.05 bits per heavy atom. The van der Waals surface area contributed by atoms with Crippen LogP contribution in [0.5, 0.6) is 5.88 Å². The van der Waals surface area contributed by atoms with Crippen molar-refractivity contribution in [1.82, 2.24) is 19.9 Å². The highest BCUT2D eigenvalue weighted by atomic mass is 32.1. The fourth-order valence-electron chi connectivity index (χ4n) is 2.28. The van der Waals surface area contributed by atoms with Gasteiger partial charge in [0.25, 0.3) is 11.8 Å². The maximum atomic E-state index is 12.3. The third-order valence-corrected chi connectivity index (χ3v) is 4.09. The van der Waals surface area contributed by atoms with Gasteiger partial charge < -0.3 is 9.64 Å². The van der Waals surface area contributed by atoms with E-state index >= 15 is 0 Å². The summed E-state index contributed by atoms with van der Waals surface area (Å²) in [6, 6.07) is 1.94. The van der Waals surface area contributed by atoms with E-state index in [1.807, 2.05) is 13.0 Å². The van der Waals surface area contributed by atoms with Crippen LogP contribution >= 0.6 is 11.3 Å². The van der Waals surface area contributed by atoms with E-state index < -0.39 is 0 Å². The Morgan fingerprint density at radius 2 is 2.32 bits per heavy atom. The van der Waals surface area contributed by atoms with Gasteiger partial charge in [0.1, 0.15) is 17.9 Å². The van der Waals surface area contributed by atoms with E-state index in [0.29, 0.717) is 25.2 Å². The number of nitriles is 1. The second kappa shape index (κ2) is 6.07. The Bertz CT molecular complexity index is 739. The Labute approximate surface area is 131 Å². The fourth-order valence-corrected chi connectivity index (χ4v) is 2.87. The van der Waals surface area contributed by atoms with Crippen LogP contribution in [0.25, 0.3) is 0 Å². The van der Waals surface area contributed by atoms with Crippen LogP contribution in [-0.2, 0) is 0 Å². The highest BCUT2D eigenvalue weighted by Crippen LogP contribution is 2.20. The number of nitrogens with zero attached hydrogens (tertiary/aromatic N) is 5. The molecule has 22 heavy (non-hydrogen) atoms. The number of amides is 1. The SMILES string of the molecule is Cc1nc(C(=O)N2CC[C@H](Oc3nccnc3C#N)C2)cs1. The third-order valence-electron chi connectivity index (χ3n) is 3.32. The van der Waals surface area contributed by atoms with Crippen LogP contribution in [0.4, 0.5) is 0 Å². The normalized spacial score (nSPS) is 17.3. The molecule has 0 aromatic carbocycles. The largest absolute Gasteiger partial charge is 0.470 e. The molecule has 112 valence electrons. The molecule has 8 heteroatoms. The number of hydrogen-bond donors (Lipinski definition) is 0. The third kappa shape index (κ3) is 2.89. The molecule has 0 aliphatic carbocycles. The fraction of sp³-hybridized carbons (Fsp3) is 0.357. The number of aryl methyl sites for hydroxylation is 1. The number of hydrogen-bond acceptors (Lipinski definition) is 7. The topological polar surface area (TPSA) is 92.0 Å². The van der Waals surface area contributed by atoms with Crippen LogP contribution in [0, 0.1) is 18.3 Å². The van der Waals surface area contributed by atoms with E-state index in [1.54, 1.807) is 10.3 Å². The van der Waals surface area contributed by atoms with Crippen molar-refractivity contribution in [3.8, 4) is 11.9 Å². The van der Waals surface area contributed by atoms with Crippen LogP contribution in [-0.4, -0.2) is 45.0 Å². The Kier molecular flexibility index (Phi) is 3.98. The van der Waals surface area contributed by atoms with Crippen molar-refractivity contribution < 1.29 is 9.53 Å². The van der Waals surface area contributed by atoms with Crippen molar-refractivity contribution >= 4 is 17.2 Å². The first-order valence-electron chi connectivity index (χ1n) is 6.76. The molecule has 1 saturated heterocycles.